The molecule has 1 aliphatic rings. The monoisotopic (exact) mass is 315 g/mol. The lowest BCUT2D eigenvalue weighted by Crippen LogP contribution is -2.29. The summed E-state index contributed by atoms with van der Waals surface area (Å²) >= 11 is 2.77. The van der Waals surface area contributed by atoms with Crippen LogP contribution in [-0.2, 0) is 9.53 Å². The second-order valence-corrected chi connectivity index (χ2v) is 6.37. The fourth-order valence-electron chi connectivity index (χ4n) is 1.92. The minimum Gasteiger partial charge on any atom is -0.381 e. The van der Waals surface area contributed by atoms with Crippen molar-refractivity contribution < 1.29 is 14.3 Å². The van der Waals surface area contributed by atoms with Gasteiger partial charge in [0.05, 0.1) is 0 Å². The molecule has 0 atom stereocenters. The summed E-state index contributed by atoms with van der Waals surface area (Å²) in [6, 6.07) is 0. The van der Waals surface area contributed by atoms with E-state index in [1.807, 2.05) is 6.26 Å². The van der Waals surface area contributed by atoms with Gasteiger partial charge in [-0.2, -0.15) is 0 Å². The van der Waals surface area contributed by atoms with Crippen LogP contribution in [0.3, 0.4) is 0 Å². The van der Waals surface area contributed by atoms with Crippen molar-refractivity contribution in [3.63, 3.8) is 0 Å². The first-order valence-corrected chi connectivity index (χ1v) is 8.35. The summed E-state index contributed by atoms with van der Waals surface area (Å²) in [5.74, 6) is -0.403. The van der Waals surface area contributed by atoms with Gasteiger partial charge in [0.15, 0.2) is 10.0 Å². The minimum atomic E-state index is -0.288. The molecule has 20 heavy (non-hydrogen) atoms. The van der Waals surface area contributed by atoms with E-state index < -0.39 is 0 Å². The van der Waals surface area contributed by atoms with E-state index in [9.17, 15) is 9.59 Å². The molecule has 0 radical (unpaired) electrons. The molecule has 0 unspecified atom stereocenters. The van der Waals surface area contributed by atoms with E-state index >= 15 is 0 Å². The average molecular weight is 315 g/mol. The maximum absolute atomic E-state index is 12.2. The lowest BCUT2D eigenvalue weighted by molar-refractivity contribution is -0.122. The molecule has 0 aromatic carbocycles. The van der Waals surface area contributed by atoms with Crippen molar-refractivity contribution in [3.05, 3.63) is 5.69 Å². The van der Waals surface area contributed by atoms with Crippen molar-refractivity contribution in [2.24, 2.45) is 5.92 Å². The Bertz CT molecular complexity index is 498. The molecule has 2 amide bonds. The number of hydrogen-bond donors (Lipinski definition) is 2. The Balaban J connectivity index is 2.12. The predicted molar refractivity (Wildman–Crippen MR) is 79.5 cm³/mol. The maximum Gasteiger partial charge on any atom is 0.272 e. The van der Waals surface area contributed by atoms with E-state index in [4.69, 9.17) is 4.74 Å². The molecule has 1 saturated heterocycles. The summed E-state index contributed by atoms with van der Waals surface area (Å²) in [6.45, 7) is 1.22. The summed E-state index contributed by atoms with van der Waals surface area (Å²) in [7, 11) is 1.55. The summed E-state index contributed by atoms with van der Waals surface area (Å²) < 4.78 is 6.00. The van der Waals surface area contributed by atoms with Gasteiger partial charge in [-0.1, -0.05) is 23.1 Å². The normalized spacial score (nSPS) is 15.9. The van der Waals surface area contributed by atoms with Crippen LogP contribution in [0, 0.1) is 5.92 Å². The first-order valence-electron chi connectivity index (χ1n) is 6.31. The highest BCUT2D eigenvalue weighted by Gasteiger charge is 2.25. The van der Waals surface area contributed by atoms with Crippen LogP contribution in [0.2, 0.25) is 0 Å². The zero-order valence-corrected chi connectivity index (χ0v) is 13.0. The molecule has 6 nitrogen and oxygen atoms in total. The van der Waals surface area contributed by atoms with Gasteiger partial charge in [0.1, 0.15) is 5.00 Å². The van der Waals surface area contributed by atoms with Gasteiger partial charge < -0.3 is 15.4 Å². The third-order valence-electron chi connectivity index (χ3n) is 3.05. The molecule has 2 heterocycles. The molecule has 1 aliphatic heterocycles. The van der Waals surface area contributed by atoms with Crippen molar-refractivity contribution in [2.45, 2.75) is 17.2 Å². The lowest BCUT2D eigenvalue weighted by Gasteiger charge is -2.20. The number of ether oxygens (including phenoxy) is 1. The fourth-order valence-corrected chi connectivity index (χ4v) is 3.38. The Labute approximate surface area is 125 Å². The maximum atomic E-state index is 12.2. The van der Waals surface area contributed by atoms with Crippen molar-refractivity contribution in [2.75, 3.05) is 31.8 Å². The predicted octanol–water partition coefficient (Wildman–Crippen LogP) is 1.59. The number of hydrogen-bond acceptors (Lipinski definition) is 6. The molecule has 0 saturated carbocycles. The smallest absolute Gasteiger partial charge is 0.272 e. The number of aromatic nitrogens is 1. The Morgan fingerprint density at radius 1 is 1.40 bits per heavy atom. The zero-order chi connectivity index (χ0) is 14.5. The van der Waals surface area contributed by atoms with Crippen molar-refractivity contribution in [1.82, 2.24) is 10.3 Å². The quantitative estimate of drug-likeness (QED) is 0.825. The molecule has 2 rings (SSSR count). The van der Waals surface area contributed by atoms with Gasteiger partial charge in [-0.15, -0.1) is 0 Å². The number of carbonyl (C=O) groups is 2. The van der Waals surface area contributed by atoms with Gasteiger partial charge in [-0.05, 0) is 19.1 Å². The Morgan fingerprint density at radius 2 is 2.10 bits per heavy atom. The van der Waals surface area contributed by atoms with Crippen LogP contribution in [0.4, 0.5) is 5.00 Å². The van der Waals surface area contributed by atoms with Crippen LogP contribution in [0.5, 0.6) is 0 Å². The van der Waals surface area contributed by atoms with E-state index in [0.29, 0.717) is 18.2 Å². The first kappa shape index (κ1) is 15.3. The molecule has 1 aromatic rings. The number of thioether (sulfide) groups is 1. The molecule has 2 N–H and O–H groups in total. The zero-order valence-electron chi connectivity index (χ0n) is 11.4. The van der Waals surface area contributed by atoms with Crippen molar-refractivity contribution in [3.8, 4) is 0 Å². The molecular weight excluding hydrogens is 298 g/mol. The average Bonchev–Trinajstić information content (AvgIpc) is 2.90. The van der Waals surface area contributed by atoms with Crippen LogP contribution in [0.1, 0.15) is 23.3 Å². The van der Waals surface area contributed by atoms with Crippen LogP contribution in [-0.4, -0.2) is 43.3 Å². The van der Waals surface area contributed by atoms with E-state index in [0.717, 1.165) is 17.2 Å². The van der Waals surface area contributed by atoms with Gasteiger partial charge >= 0.3 is 0 Å². The van der Waals surface area contributed by atoms with Gasteiger partial charge in [0, 0.05) is 26.2 Å². The highest BCUT2D eigenvalue weighted by atomic mass is 32.2. The van der Waals surface area contributed by atoms with E-state index in [1.54, 1.807) is 7.05 Å². The van der Waals surface area contributed by atoms with E-state index in [1.165, 1.54) is 23.1 Å². The summed E-state index contributed by atoms with van der Waals surface area (Å²) in [4.78, 5) is 28.2. The van der Waals surface area contributed by atoms with Gasteiger partial charge in [-0.3, -0.25) is 9.59 Å². The Morgan fingerprint density at radius 3 is 2.70 bits per heavy atom. The Hall–Kier alpha value is -1.12. The number of amides is 2. The topological polar surface area (TPSA) is 80.3 Å². The molecular formula is C12H17N3O3S2. The molecule has 0 bridgehead atoms. The number of thiazole rings is 1. The van der Waals surface area contributed by atoms with Crippen LogP contribution >= 0.6 is 23.1 Å². The summed E-state index contributed by atoms with van der Waals surface area (Å²) in [5.41, 5.74) is 0.280. The van der Waals surface area contributed by atoms with Crippen molar-refractivity contribution in [1.29, 1.82) is 0 Å². The third-order valence-corrected chi connectivity index (χ3v) is 5.01. The molecule has 1 aromatic heterocycles. The van der Waals surface area contributed by atoms with Gasteiger partial charge in [-0.25, -0.2) is 4.98 Å². The Kier molecular flexibility index (Phi) is 5.38. The first-order chi connectivity index (χ1) is 9.65. The van der Waals surface area contributed by atoms with E-state index in [-0.39, 0.29) is 23.4 Å². The minimum absolute atomic E-state index is 0.0545. The number of nitrogens with zero attached hydrogens (tertiary/aromatic N) is 1. The van der Waals surface area contributed by atoms with E-state index in [2.05, 4.69) is 15.6 Å². The highest BCUT2D eigenvalue weighted by Crippen LogP contribution is 2.31. The molecule has 110 valence electrons. The molecule has 1 fully saturated rings. The third kappa shape index (κ3) is 3.50. The molecule has 0 aliphatic carbocycles. The largest absolute Gasteiger partial charge is 0.381 e. The highest BCUT2D eigenvalue weighted by molar-refractivity contribution is 8.00. The van der Waals surface area contributed by atoms with Crippen LogP contribution < -0.4 is 10.6 Å². The lowest BCUT2D eigenvalue weighted by atomic mass is 9.99. The summed E-state index contributed by atoms with van der Waals surface area (Å²) in [6.07, 6.45) is 3.32. The van der Waals surface area contributed by atoms with Crippen LogP contribution in [0.25, 0.3) is 0 Å². The second-order valence-electron chi connectivity index (χ2n) is 4.32. The number of carbonyl (C=O) groups excluding carboxylic acids is 2. The van der Waals surface area contributed by atoms with Gasteiger partial charge in [0.2, 0.25) is 5.91 Å². The van der Waals surface area contributed by atoms with Crippen LogP contribution in [0.15, 0.2) is 4.34 Å². The number of nitrogens with one attached hydrogen (secondary N) is 2. The number of anilines is 1. The number of rotatable bonds is 4. The standard InChI is InChI=1S/C12H17N3O3S2/c1-13-10(17)8-11(20-12(14-8)19-2)15-9(16)7-3-5-18-6-4-7/h7H,3-6H2,1-2H3,(H,13,17)(H,15,16). The fraction of sp³-hybridized carbons (Fsp3) is 0.583. The van der Waals surface area contributed by atoms with Gasteiger partial charge in [0.25, 0.3) is 5.91 Å². The molecule has 8 heteroatoms. The molecule has 0 spiro atoms. The second kappa shape index (κ2) is 7.05. The SMILES string of the molecule is CNC(=O)c1nc(SC)sc1NC(=O)C1CCOCC1. The summed E-state index contributed by atoms with van der Waals surface area (Å²) in [5, 5.41) is 5.89. The van der Waals surface area contributed by atoms with Crippen molar-refractivity contribution >= 4 is 39.9 Å².